The summed E-state index contributed by atoms with van der Waals surface area (Å²) < 4.78 is 541. The van der Waals surface area contributed by atoms with Gasteiger partial charge in [0.1, 0.15) is 17.2 Å². The Hall–Kier alpha value is -6.66. The number of aliphatic imine (C=N–C) groups is 3. The third-order valence-corrected chi connectivity index (χ3v) is 12.1. The number of halogens is 39. The topological polar surface area (TPSA) is 97.8 Å². The van der Waals surface area contributed by atoms with Crippen LogP contribution in [0.2, 0.25) is 0 Å². The second-order valence-electron chi connectivity index (χ2n) is 18.6. The molecule has 0 saturated heterocycles. The first-order valence-electron chi connectivity index (χ1n) is 21.9. The molecule has 3 N–H and O–H groups in total. The maximum absolute atomic E-state index is 15.1. The summed E-state index contributed by atoms with van der Waals surface area (Å²) in [5.41, 5.74) is -15.8. The molecule has 3 rings (SSSR count). The van der Waals surface area contributed by atoms with E-state index in [4.69, 9.17) is 0 Å². The van der Waals surface area contributed by atoms with Crippen molar-refractivity contribution in [3.8, 4) is 17.2 Å². The van der Waals surface area contributed by atoms with Crippen molar-refractivity contribution < 1.29 is 187 Å². The van der Waals surface area contributed by atoms with E-state index in [-0.39, 0.29) is 42.9 Å². The SMILES string of the molecule is CC(C/N=C/c1cc(C(F)(F)C(F)(F)C(F)(F)C(F)(F)C(F)(F)C(F)(F)F)ccc1O)(C/N=C/c1cc(C(F)(F)C(F)(F)C(F)(F)C(F)(F)C(F)(F)C(F)(F)F)ccc1O)C/N=C/c1cccc(C(F)(F)C(F)(F)C(F)(F)C(F)(F)C(F)(F)C(F)(F)F)c1O. The van der Waals surface area contributed by atoms with Crippen molar-refractivity contribution in [2.24, 2.45) is 20.4 Å². The standard InChI is InChI=1S/C44H24F39N3O3/c1-26(14-84-11-17-3-2-4-22(25(17)89)29(49,50)32(55,56)35(61,62)38(67,68)41(73,74)44(81,82)83,15-85-12-18-9-20(5-7-23(18)87)27(45,46)30(51,52)33(57,58)36(63,64)39(69,70)42(75,76)77)16-86-13-19-10-21(6-8-24(19)88)28(47,48)31(53,54)34(59,60)37(65,66)40(71,72)43(78,79)80/h2-13,87-89H,14-16H2,1H3/b84-11+,85-12+,86-13+. The van der Waals surface area contributed by atoms with Crippen molar-refractivity contribution >= 4 is 18.6 Å². The molecule has 0 aliphatic carbocycles. The first kappa shape index (κ1) is 76.6. The van der Waals surface area contributed by atoms with Crippen LogP contribution in [0.1, 0.15) is 40.3 Å². The molecule has 45 heteroatoms. The van der Waals surface area contributed by atoms with Gasteiger partial charge in [-0.15, -0.1) is 0 Å². The van der Waals surface area contributed by atoms with Gasteiger partial charge >= 0.3 is 107 Å². The van der Waals surface area contributed by atoms with Gasteiger partial charge < -0.3 is 15.3 Å². The van der Waals surface area contributed by atoms with Gasteiger partial charge in [-0.1, -0.05) is 13.0 Å². The zero-order chi connectivity index (χ0) is 70.4. The van der Waals surface area contributed by atoms with E-state index in [1.807, 2.05) is 0 Å². The summed E-state index contributed by atoms with van der Waals surface area (Å²) in [7, 11) is 0. The highest BCUT2D eigenvalue weighted by Gasteiger charge is 2.94. The van der Waals surface area contributed by atoms with Gasteiger partial charge in [0.15, 0.2) is 0 Å². The van der Waals surface area contributed by atoms with Crippen molar-refractivity contribution in [3.05, 3.63) is 88.0 Å². The Morgan fingerprint density at radius 2 is 0.551 bits per heavy atom. The number of para-hydroxylation sites is 1. The molecule has 3 aromatic carbocycles. The van der Waals surface area contributed by atoms with E-state index in [0.717, 1.165) is 0 Å². The maximum atomic E-state index is 15.1. The second kappa shape index (κ2) is 22.6. The lowest BCUT2D eigenvalue weighted by atomic mass is 9.89. The highest BCUT2D eigenvalue weighted by molar-refractivity contribution is 5.85. The minimum atomic E-state index is -8.47. The number of nitrogens with zero attached hydrogens (tertiary/aromatic N) is 3. The van der Waals surface area contributed by atoms with Crippen LogP contribution in [0.3, 0.4) is 0 Å². The quantitative estimate of drug-likeness (QED) is 0.0616. The Morgan fingerprint density at radius 1 is 0.303 bits per heavy atom. The number of benzene rings is 3. The summed E-state index contributed by atoms with van der Waals surface area (Å²) in [6.07, 6.45) is -23.9. The van der Waals surface area contributed by atoms with Crippen LogP contribution < -0.4 is 0 Å². The van der Waals surface area contributed by atoms with Crippen molar-refractivity contribution in [1.82, 2.24) is 0 Å². The zero-order valence-electron chi connectivity index (χ0n) is 41.5. The largest absolute Gasteiger partial charge is 0.507 e. The summed E-state index contributed by atoms with van der Waals surface area (Å²) in [5, 5.41) is 30.6. The molecular formula is C44H24F39N3O3. The van der Waals surface area contributed by atoms with Gasteiger partial charge in [0.25, 0.3) is 0 Å². The van der Waals surface area contributed by atoms with Crippen molar-refractivity contribution in [2.45, 2.75) is 114 Å². The molecule has 3 aromatic rings. The number of alkyl halides is 39. The van der Waals surface area contributed by atoms with E-state index in [0.29, 0.717) is 6.92 Å². The number of hydrogen-bond donors (Lipinski definition) is 3. The monoisotopic (exact) mass is 1380 g/mol. The Bertz CT molecular complexity index is 2980. The summed E-state index contributed by atoms with van der Waals surface area (Å²) >= 11 is 0. The third kappa shape index (κ3) is 11.9. The smallest absolute Gasteiger partial charge is 0.460 e. The van der Waals surface area contributed by atoms with Crippen LogP contribution in [0, 0.1) is 5.41 Å². The highest BCUT2D eigenvalue weighted by Crippen LogP contribution is 2.66. The van der Waals surface area contributed by atoms with E-state index < -0.39 is 213 Å². The number of hydrogen-bond acceptors (Lipinski definition) is 6. The lowest BCUT2D eigenvalue weighted by Crippen LogP contribution is -2.69. The molecule has 0 heterocycles. The average molecular weight is 1380 g/mol. The van der Waals surface area contributed by atoms with Gasteiger partial charge in [-0.3, -0.25) is 15.0 Å². The Morgan fingerprint density at radius 3 is 0.820 bits per heavy atom. The maximum Gasteiger partial charge on any atom is 0.460 e. The van der Waals surface area contributed by atoms with Gasteiger partial charge in [0.05, 0.1) is 5.56 Å². The number of phenolic OH excluding ortho intramolecular Hbond substituents is 3. The molecule has 0 amide bonds. The predicted octanol–water partition coefficient (Wildman–Crippen LogP) is 17.1. The number of aromatic hydroxyl groups is 3. The van der Waals surface area contributed by atoms with Crippen molar-refractivity contribution in [1.29, 1.82) is 0 Å². The Kier molecular flexibility index (Phi) is 19.5. The fraction of sp³-hybridized carbons (Fsp3) is 0.523. The van der Waals surface area contributed by atoms with Crippen LogP contribution in [0.25, 0.3) is 0 Å². The molecule has 0 atom stereocenters. The van der Waals surface area contributed by atoms with E-state index in [2.05, 4.69) is 15.0 Å². The summed E-state index contributed by atoms with van der Waals surface area (Å²) in [5.74, 6) is -126. The van der Waals surface area contributed by atoms with Crippen molar-refractivity contribution in [3.63, 3.8) is 0 Å². The van der Waals surface area contributed by atoms with Gasteiger partial charge in [0.2, 0.25) is 0 Å². The van der Waals surface area contributed by atoms with Crippen LogP contribution >= 0.6 is 0 Å². The molecule has 0 fully saturated rings. The zero-order valence-corrected chi connectivity index (χ0v) is 41.5. The molecule has 0 aliphatic rings. The van der Waals surface area contributed by atoms with Gasteiger partial charge in [-0.05, 0) is 48.5 Å². The highest BCUT2D eigenvalue weighted by atomic mass is 19.5. The van der Waals surface area contributed by atoms with E-state index in [1.165, 1.54) is 0 Å². The summed E-state index contributed by atoms with van der Waals surface area (Å²) in [6, 6.07) is -3.47. The molecule has 0 bridgehead atoms. The molecule has 0 unspecified atom stereocenters. The first-order chi connectivity index (χ1) is 39.0. The molecule has 506 valence electrons. The molecule has 0 radical (unpaired) electrons. The summed E-state index contributed by atoms with van der Waals surface area (Å²) in [4.78, 5) is 10.1. The van der Waals surface area contributed by atoms with Crippen LogP contribution in [0.4, 0.5) is 171 Å². The molecule has 0 saturated carbocycles. The molecule has 0 aliphatic heterocycles. The lowest BCUT2D eigenvalue weighted by molar-refractivity contribution is -0.441. The van der Waals surface area contributed by atoms with Gasteiger partial charge in [-0.25, -0.2) is 0 Å². The molecule has 0 spiro atoms. The fourth-order valence-electron chi connectivity index (χ4n) is 6.71. The minimum absolute atomic E-state index is 0.0380. The first-order valence-corrected chi connectivity index (χ1v) is 21.9. The van der Waals surface area contributed by atoms with E-state index in [9.17, 15) is 160 Å². The molecule has 6 nitrogen and oxygen atoms in total. The normalized spacial score (nSPS) is 15.8. The number of phenols is 3. The van der Waals surface area contributed by atoms with E-state index >= 15 is 26.3 Å². The summed E-state index contributed by atoms with van der Waals surface area (Å²) in [6.45, 7) is -3.69. The Labute approximate surface area is 465 Å². The lowest BCUT2D eigenvalue weighted by Gasteiger charge is -2.39. The van der Waals surface area contributed by atoms with Crippen LogP contribution in [0.5, 0.6) is 17.2 Å². The van der Waals surface area contributed by atoms with Crippen LogP contribution in [0.15, 0.2) is 69.6 Å². The van der Waals surface area contributed by atoms with Crippen molar-refractivity contribution in [2.75, 3.05) is 19.6 Å². The number of rotatable bonds is 24. The van der Waals surface area contributed by atoms with Gasteiger partial charge in [0, 0.05) is 71.5 Å². The van der Waals surface area contributed by atoms with Crippen LogP contribution in [-0.2, 0) is 17.8 Å². The second-order valence-corrected chi connectivity index (χ2v) is 18.6. The molecular weight excluding hydrogens is 1360 g/mol. The predicted molar refractivity (Wildman–Crippen MR) is 219 cm³/mol. The van der Waals surface area contributed by atoms with E-state index in [1.54, 1.807) is 0 Å². The molecule has 0 aromatic heterocycles. The molecule has 89 heavy (non-hydrogen) atoms. The Balaban J connectivity index is 2.26. The average Bonchev–Trinajstić information content (AvgIpc) is 0.722. The third-order valence-electron chi connectivity index (χ3n) is 12.1. The van der Waals surface area contributed by atoms with Crippen LogP contribution in [-0.4, -0.2) is 143 Å². The minimum Gasteiger partial charge on any atom is -0.507 e. The fourth-order valence-corrected chi connectivity index (χ4v) is 6.71. The van der Waals surface area contributed by atoms with Gasteiger partial charge in [-0.2, -0.15) is 171 Å².